The van der Waals surface area contributed by atoms with Gasteiger partial charge in [0.25, 0.3) is 0 Å². The Morgan fingerprint density at radius 3 is 2.31 bits per heavy atom. The molecule has 2 fully saturated rings. The lowest BCUT2D eigenvalue weighted by molar-refractivity contribution is 0.00700. The van der Waals surface area contributed by atoms with Crippen molar-refractivity contribution in [3.8, 4) is 0 Å². The minimum absolute atomic E-state index is 0.220. The third-order valence-corrected chi connectivity index (χ3v) is 5.26. The van der Waals surface area contributed by atoms with Crippen LogP contribution >= 0.6 is 0 Å². The molecule has 8 nitrogen and oxygen atoms in total. The molecule has 0 saturated carbocycles. The summed E-state index contributed by atoms with van der Waals surface area (Å²) in [7, 11) is 0. The summed E-state index contributed by atoms with van der Waals surface area (Å²) in [5.74, 6) is 1.35. The third kappa shape index (κ3) is 8.38. The molecule has 2 N–H and O–H groups in total. The van der Waals surface area contributed by atoms with Crippen LogP contribution < -0.4 is 10.6 Å². The maximum Gasteiger partial charge on any atom is 0.410 e. The maximum absolute atomic E-state index is 12.1. The van der Waals surface area contributed by atoms with E-state index < -0.39 is 5.60 Å². The predicted molar refractivity (Wildman–Crippen MR) is 118 cm³/mol. The second-order valence-corrected chi connectivity index (χ2v) is 9.29. The Morgan fingerprint density at radius 2 is 1.76 bits per heavy atom. The van der Waals surface area contributed by atoms with Gasteiger partial charge in [-0.15, -0.1) is 0 Å². The van der Waals surface area contributed by atoms with Crippen LogP contribution in [0.2, 0.25) is 0 Å². The molecule has 2 rings (SSSR count). The second-order valence-electron chi connectivity index (χ2n) is 9.29. The van der Waals surface area contributed by atoms with Crippen LogP contribution in [0, 0.1) is 5.92 Å². The third-order valence-electron chi connectivity index (χ3n) is 5.26. The first-order chi connectivity index (χ1) is 13.7. The van der Waals surface area contributed by atoms with Crippen LogP contribution in [0.3, 0.4) is 0 Å². The van der Waals surface area contributed by atoms with Crippen LogP contribution in [-0.2, 0) is 4.74 Å². The van der Waals surface area contributed by atoms with Gasteiger partial charge < -0.3 is 30.1 Å². The molecule has 1 amide bonds. The number of carbonyl (C=O) groups excluding carboxylic acids is 1. The zero-order valence-corrected chi connectivity index (χ0v) is 19.3. The van der Waals surface area contributed by atoms with Gasteiger partial charge in [-0.05, 0) is 40.2 Å². The molecule has 1 unspecified atom stereocenters. The van der Waals surface area contributed by atoms with E-state index in [0.29, 0.717) is 19.0 Å². The number of likely N-dealkylation sites (tertiary alicyclic amines) is 1. The summed E-state index contributed by atoms with van der Waals surface area (Å²) in [4.78, 5) is 23.6. The van der Waals surface area contributed by atoms with Crippen molar-refractivity contribution >= 4 is 12.1 Å². The number of ether oxygens (including phenoxy) is 1. The van der Waals surface area contributed by atoms with Gasteiger partial charge in [-0.2, -0.15) is 0 Å². The first kappa shape index (κ1) is 23.7. The molecule has 2 aliphatic rings. The number of likely N-dealkylation sites (N-methyl/N-ethyl adjacent to an activating group) is 1. The molecule has 0 spiro atoms. The number of amides is 1. The average Bonchev–Trinajstić information content (AvgIpc) is 2.61. The zero-order chi connectivity index (χ0) is 21.4. The highest BCUT2D eigenvalue weighted by Gasteiger charge is 2.34. The van der Waals surface area contributed by atoms with Gasteiger partial charge in [0.05, 0.1) is 6.04 Å². The molecule has 0 bridgehead atoms. The van der Waals surface area contributed by atoms with Crippen molar-refractivity contribution in [2.45, 2.75) is 53.2 Å². The Bertz CT molecular complexity index is 534. The van der Waals surface area contributed by atoms with Crippen LogP contribution in [0.4, 0.5) is 4.79 Å². The van der Waals surface area contributed by atoms with Crippen LogP contribution in [0.25, 0.3) is 0 Å². The highest BCUT2D eigenvalue weighted by Crippen LogP contribution is 2.15. The van der Waals surface area contributed by atoms with E-state index in [0.717, 1.165) is 45.2 Å². The molecule has 1 atom stereocenters. The first-order valence-corrected chi connectivity index (χ1v) is 11.2. The summed E-state index contributed by atoms with van der Waals surface area (Å²) in [5.41, 5.74) is -0.453. The fourth-order valence-corrected chi connectivity index (χ4v) is 3.59. The molecule has 2 heterocycles. The van der Waals surface area contributed by atoms with Gasteiger partial charge in [0, 0.05) is 58.9 Å². The number of piperazine rings is 1. The summed E-state index contributed by atoms with van der Waals surface area (Å²) in [6, 6.07) is 0.220. The van der Waals surface area contributed by atoms with E-state index in [1.54, 1.807) is 4.90 Å². The topological polar surface area (TPSA) is 72.4 Å². The molecular weight excluding hydrogens is 368 g/mol. The monoisotopic (exact) mass is 410 g/mol. The molecule has 8 heteroatoms. The van der Waals surface area contributed by atoms with E-state index in [1.807, 2.05) is 20.8 Å². The molecular formula is C21H42N6O2. The number of aliphatic imine (C=N–C) groups is 1. The fourth-order valence-electron chi connectivity index (χ4n) is 3.59. The Hall–Kier alpha value is -1.54. The fraction of sp³-hybridized carbons (Fsp3) is 0.905. The highest BCUT2D eigenvalue weighted by molar-refractivity contribution is 5.80. The lowest BCUT2D eigenvalue weighted by Crippen LogP contribution is -2.63. The van der Waals surface area contributed by atoms with Crippen LogP contribution in [0.15, 0.2) is 4.99 Å². The second kappa shape index (κ2) is 11.0. The lowest BCUT2D eigenvalue weighted by atomic mass is 10.1. The molecule has 0 aromatic rings. The molecule has 2 aliphatic heterocycles. The highest BCUT2D eigenvalue weighted by atomic mass is 16.6. The molecule has 0 aromatic carbocycles. The van der Waals surface area contributed by atoms with Gasteiger partial charge in [-0.3, -0.25) is 4.99 Å². The van der Waals surface area contributed by atoms with Crippen molar-refractivity contribution in [2.24, 2.45) is 10.9 Å². The Balaban J connectivity index is 1.72. The smallest absolute Gasteiger partial charge is 0.410 e. The van der Waals surface area contributed by atoms with Crippen LogP contribution in [-0.4, -0.2) is 104 Å². The summed E-state index contributed by atoms with van der Waals surface area (Å²) in [6.07, 6.45) is -0.241. The van der Waals surface area contributed by atoms with Crippen molar-refractivity contribution in [3.05, 3.63) is 0 Å². The van der Waals surface area contributed by atoms with Gasteiger partial charge >= 0.3 is 6.09 Å². The van der Waals surface area contributed by atoms with E-state index in [-0.39, 0.29) is 12.1 Å². The minimum atomic E-state index is -0.453. The molecule has 0 aromatic heterocycles. The minimum Gasteiger partial charge on any atom is -0.444 e. The molecule has 2 saturated heterocycles. The molecule has 0 aliphatic carbocycles. The van der Waals surface area contributed by atoms with Crippen molar-refractivity contribution in [1.82, 2.24) is 25.3 Å². The number of nitrogens with zero attached hydrogens (tertiary/aromatic N) is 4. The zero-order valence-electron chi connectivity index (χ0n) is 19.3. The summed E-state index contributed by atoms with van der Waals surface area (Å²) >= 11 is 0. The standard InChI is InChI=1S/C21H42N6O2/c1-7-22-19(24-18-15-27(16-18)20(28)29-21(4,5)6)23-13-17(3)14-26-11-9-25(8-2)10-12-26/h17-18H,7-16H2,1-6H3,(H2,22,23,24). The number of hydrogen-bond donors (Lipinski definition) is 2. The van der Waals surface area contributed by atoms with Gasteiger partial charge in [0.15, 0.2) is 5.96 Å². The van der Waals surface area contributed by atoms with Crippen LogP contribution in [0.5, 0.6) is 0 Å². The lowest BCUT2D eigenvalue weighted by Gasteiger charge is -2.40. The number of nitrogens with one attached hydrogen (secondary N) is 2. The summed E-state index contributed by atoms with van der Waals surface area (Å²) < 4.78 is 5.41. The Labute approximate surface area is 177 Å². The summed E-state index contributed by atoms with van der Waals surface area (Å²) in [5, 5.41) is 6.76. The SMILES string of the molecule is CCNC(=NCC(C)CN1CCN(CC)CC1)NC1CN(C(=O)OC(C)(C)C)C1. The van der Waals surface area contributed by atoms with Crippen molar-refractivity contribution in [2.75, 3.05) is 65.4 Å². The molecule has 168 valence electrons. The van der Waals surface area contributed by atoms with Crippen LogP contribution in [0.1, 0.15) is 41.5 Å². The summed E-state index contributed by atoms with van der Waals surface area (Å²) in [6.45, 7) is 22.1. The van der Waals surface area contributed by atoms with Crippen molar-refractivity contribution < 1.29 is 9.53 Å². The number of hydrogen-bond acceptors (Lipinski definition) is 5. The van der Waals surface area contributed by atoms with E-state index in [4.69, 9.17) is 9.73 Å². The quantitative estimate of drug-likeness (QED) is 0.489. The van der Waals surface area contributed by atoms with E-state index in [1.165, 1.54) is 13.1 Å². The normalized spacial score (nSPS) is 20.9. The predicted octanol–water partition coefficient (Wildman–Crippen LogP) is 1.43. The van der Waals surface area contributed by atoms with E-state index >= 15 is 0 Å². The average molecular weight is 411 g/mol. The number of carbonyl (C=O) groups is 1. The van der Waals surface area contributed by atoms with Gasteiger partial charge in [-0.1, -0.05) is 13.8 Å². The Kier molecular flexibility index (Phi) is 9.02. The number of guanidine groups is 1. The van der Waals surface area contributed by atoms with Gasteiger partial charge in [0.2, 0.25) is 0 Å². The number of rotatable bonds is 7. The van der Waals surface area contributed by atoms with E-state index in [9.17, 15) is 4.79 Å². The molecule has 0 radical (unpaired) electrons. The largest absolute Gasteiger partial charge is 0.444 e. The van der Waals surface area contributed by atoms with Gasteiger partial charge in [0.1, 0.15) is 5.60 Å². The Morgan fingerprint density at radius 1 is 1.14 bits per heavy atom. The van der Waals surface area contributed by atoms with E-state index in [2.05, 4.69) is 41.2 Å². The maximum atomic E-state index is 12.1. The molecule has 29 heavy (non-hydrogen) atoms. The van der Waals surface area contributed by atoms with Crippen molar-refractivity contribution in [3.63, 3.8) is 0 Å². The van der Waals surface area contributed by atoms with Gasteiger partial charge in [-0.25, -0.2) is 4.79 Å². The van der Waals surface area contributed by atoms with Crippen molar-refractivity contribution in [1.29, 1.82) is 0 Å². The first-order valence-electron chi connectivity index (χ1n) is 11.2.